The maximum absolute atomic E-state index is 12.2. The molecule has 21 atom stereocenters. The number of epoxide rings is 1. The van der Waals surface area contributed by atoms with Gasteiger partial charge in [-0.1, -0.05) is 201 Å². The molecule has 6 nitrogen and oxygen atoms in total. The lowest BCUT2D eigenvalue weighted by molar-refractivity contribution is -0.120. The molecule has 6 heteroatoms. The van der Waals surface area contributed by atoms with Gasteiger partial charge in [-0.15, -0.1) is 0 Å². The topological polar surface area (TPSA) is 107 Å². The van der Waals surface area contributed by atoms with E-state index in [0.29, 0.717) is 76.8 Å². The van der Waals surface area contributed by atoms with E-state index in [1.807, 2.05) is 38.2 Å². The quantitative estimate of drug-likeness (QED) is 0.141. The molecular formula is C78H118O6. The molecule has 1 heterocycles. The minimum Gasteiger partial charge on any atom is -0.393 e. The summed E-state index contributed by atoms with van der Waals surface area (Å²) in [5.74, 6) is 9.23. The Balaban J connectivity index is 0.000000165. The smallest absolute Gasteiger partial charge is 0.178 e. The van der Waals surface area contributed by atoms with E-state index in [2.05, 4.69) is 131 Å². The fraction of sp³-hybridized carbons (Fsp3) is 0.718. The molecule has 11 aliphatic carbocycles. The number of rotatable bonds is 11. The molecule has 0 amide bonds. The lowest BCUT2D eigenvalue weighted by Gasteiger charge is -2.55. The van der Waals surface area contributed by atoms with Crippen LogP contribution in [0.15, 0.2) is 119 Å². The summed E-state index contributed by atoms with van der Waals surface area (Å²) in [5, 5.41) is 30.7. The normalized spacial score (nSPS) is 43.4. The zero-order valence-electron chi connectivity index (χ0n) is 53.2. The summed E-state index contributed by atoms with van der Waals surface area (Å²) in [5.41, 5.74) is 8.38. The molecule has 0 spiro atoms. The third-order valence-electron chi connectivity index (χ3n) is 26.8. The second-order valence-electron chi connectivity index (χ2n) is 30.4. The van der Waals surface area contributed by atoms with Gasteiger partial charge in [0.2, 0.25) is 0 Å². The summed E-state index contributed by atoms with van der Waals surface area (Å²) in [6, 6.07) is 0. The third-order valence-corrected chi connectivity index (χ3v) is 26.8. The molecule has 0 unspecified atom stereocenters. The molecular weight excluding hydrogens is 1030 g/mol. The Hall–Kier alpha value is -3.42. The van der Waals surface area contributed by atoms with Gasteiger partial charge in [-0.25, -0.2) is 0 Å². The van der Waals surface area contributed by atoms with E-state index in [4.69, 9.17) is 4.74 Å². The van der Waals surface area contributed by atoms with Gasteiger partial charge in [0, 0.05) is 23.7 Å². The van der Waals surface area contributed by atoms with Crippen LogP contribution in [0, 0.1) is 98.1 Å². The zero-order chi connectivity index (χ0) is 58.9. The summed E-state index contributed by atoms with van der Waals surface area (Å²) in [6.07, 6.45) is 49.9. The number of carbonyl (C=O) groups is 2. The fourth-order valence-electron chi connectivity index (χ4n) is 21.1. The predicted octanol–water partition coefficient (Wildman–Crippen LogP) is 18.5. The van der Waals surface area contributed by atoms with E-state index in [1.165, 1.54) is 107 Å². The number of fused-ring (bicyclic) bond motifs is 13. The Morgan fingerprint density at radius 2 is 1.40 bits per heavy atom. The van der Waals surface area contributed by atoms with Gasteiger partial charge in [-0.3, -0.25) is 9.59 Å². The summed E-state index contributed by atoms with van der Waals surface area (Å²) < 4.78 is 5.91. The van der Waals surface area contributed by atoms with E-state index >= 15 is 0 Å². The standard InChI is InChI=1S/C30H46O3.C23H32O2.C23H32O.2CH4/c1-6-30(33,7-2)18-9-8-11-21(3)26-15-16-27-23(12-10-17-29(26,27)5)13-14-24-19-25(31)20-28(32)22(24)4;1-5-13(2)16-8-9-17-15-7-6-14-12-19(24)20-21(25-20)23(14,4)18(15)10-11-22(16,17)3;1-5-15(2)19-8-9-20-18-7-6-16-14-17(24)10-12-22(16,3)21(18)11-13-23(19,20)4;;/h8-9,11,13-14,18,21,25-28,31-33H,4,6-7,10,12,15-17,19-20H2,1-3,5H3;6-7,13,16-18,20-21H,5,8-12H2,1-4H3;6-7,10,12,14-15,18-21H,5,8-9,11,13H2,1-4H3;2*1H4/b11-8+,18-9+,23-13+,24-14-;;;;/t21-,25+,26+,27-,28-,29+;13-,16+,17-,18-,20-,21-,22+,23-;15-,18-,19+,20-,21-,22-,23+;;/m000../s1. The first-order valence-corrected chi connectivity index (χ1v) is 33.7. The Labute approximate surface area is 512 Å². The first-order chi connectivity index (χ1) is 38.9. The molecule has 466 valence electrons. The van der Waals surface area contributed by atoms with Crippen molar-refractivity contribution in [2.24, 2.45) is 98.1 Å². The van der Waals surface area contributed by atoms with E-state index < -0.39 is 17.8 Å². The monoisotopic (exact) mass is 1150 g/mol. The Morgan fingerprint density at radius 1 is 0.750 bits per heavy atom. The molecule has 8 saturated carbocycles. The van der Waals surface area contributed by atoms with Crippen molar-refractivity contribution in [1.29, 1.82) is 0 Å². The van der Waals surface area contributed by atoms with Crippen LogP contribution >= 0.6 is 0 Å². The number of hydrogen-bond donors (Lipinski definition) is 3. The van der Waals surface area contributed by atoms with Crippen LogP contribution in [0.3, 0.4) is 0 Å². The highest BCUT2D eigenvalue weighted by molar-refractivity contribution is 6.01. The molecule has 9 fully saturated rings. The minimum absolute atomic E-state index is 0. The highest BCUT2D eigenvalue weighted by Crippen LogP contribution is 2.69. The molecule has 84 heavy (non-hydrogen) atoms. The van der Waals surface area contributed by atoms with Crippen molar-refractivity contribution < 1.29 is 29.6 Å². The van der Waals surface area contributed by atoms with Crippen molar-refractivity contribution in [3.8, 4) is 0 Å². The number of allylic oxidation sites excluding steroid dienone is 15. The molecule has 1 aliphatic heterocycles. The Morgan fingerprint density at radius 3 is 2.11 bits per heavy atom. The van der Waals surface area contributed by atoms with Crippen LogP contribution in [0.2, 0.25) is 0 Å². The van der Waals surface area contributed by atoms with Gasteiger partial charge in [0.1, 0.15) is 12.2 Å². The highest BCUT2D eigenvalue weighted by Gasteiger charge is 2.67. The summed E-state index contributed by atoms with van der Waals surface area (Å²) in [6.45, 7) is 32.6. The highest BCUT2D eigenvalue weighted by atomic mass is 16.6. The van der Waals surface area contributed by atoms with Crippen LogP contribution < -0.4 is 0 Å². The number of Topliss-reactive ketones (excluding diaryl/α,β-unsaturated/α-hetero) is 1. The SMILES string of the molecule is C.C.C=C1/C(=C\C=C2/CCC[C@]3(C)[C@@H]([C@@H](C)/C=C/C=C/C(O)(CC)CC)CC[C@@H]23)C[C@@H](O)C[C@@H]1O.CC[C@H](C)[C@H]1CC[C@H]2C3=CC=C4CC(=O)[C@@H]5O[C@@H]5[C@]4(C)[C@H]3CC[C@]12C.CC[C@H](C)[C@H]1CC[C@H]2[C@@H]3C=CC4=CC(=O)C=C[C@]4(C)[C@H]3CC[C@]12C. The lowest BCUT2D eigenvalue weighted by atomic mass is 9.49. The summed E-state index contributed by atoms with van der Waals surface area (Å²) in [7, 11) is 0. The van der Waals surface area contributed by atoms with Crippen molar-refractivity contribution in [3.05, 3.63) is 119 Å². The lowest BCUT2D eigenvalue weighted by Crippen LogP contribution is -2.49. The van der Waals surface area contributed by atoms with Crippen molar-refractivity contribution in [3.63, 3.8) is 0 Å². The second kappa shape index (κ2) is 25.6. The average molecular weight is 1150 g/mol. The average Bonchev–Trinajstić information content (AvgIpc) is 1.53. The number of aliphatic hydroxyl groups excluding tert-OH is 2. The summed E-state index contributed by atoms with van der Waals surface area (Å²) in [4.78, 5) is 24.0. The van der Waals surface area contributed by atoms with Crippen molar-refractivity contribution in [1.82, 2.24) is 0 Å². The number of hydrogen-bond acceptors (Lipinski definition) is 6. The van der Waals surface area contributed by atoms with Crippen LogP contribution in [0.25, 0.3) is 0 Å². The van der Waals surface area contributed by atoms with Gasteiger partial charge in [0.25, 0.3) is 0 Å². The van der Waals surface area contributed by atoms with Gasteiger partial charge in [-0.05, 0) is 219 Å². The summed E-state index contributed by atoms with van der Waals surface area (Å²) >= 11 is 0. The van der Waals surface area contributed by atoms with Crippen molar-refractivity contribution in [2.45, 2.75) is 256 Å². The largest absolute Gasteiger partial charge is 0.393 e. The molecule has 0 radical (unpaired) electrons. The van der Waals surface area contributed by atoms with Crippen LogP contribution in [0.5, 0.6) is 0 Å². The molecule has 12 rings (SSSR count). The van der Waals surface area contributed by atoms with Crippen LogP contribution in [-0.4, -0.2) is 56.9 Å². The third kappa shape index (κ3) is 11.6. The first kappa shape index (κ1) is 66.5. The number of carbonyl (C=O) groups excluding carboxylic acids is 2. The van der Waals surface area contributed by atoms with E-state index in [0.717, 1.165) is 65.9 Å². The van der Waals surface area contributed by atoms with Gasteiger partial charge >= 0.3 is 0 Å². The maximum atomic E-state index is 12.2. The van der Waals surface area contributed by atoms with Gasteiger partial charge in [0.05, 0.1) is 17.8 Å². The van der Waals surface area contributed by atoms with Crippen molar-refractivity contribution in [2.75, 3.05) is 0 Å². The van der Waals surface area contributed by atoms with Crippen LogP contribution in [-0.2, 0) is 14.3 Å². The zero-order valence-corrected chi connectivity index (χ0v) is 53.2. The first-order valence-electron chi connectivity index (χ1n) is 33.7. The number of ketones is 2. The number of aliphatic hydroxyl groups is 3. The molecule has 12 aliphatic rings. The van der Waals surface area contributed by atoms with E-state index in [1.54, 1.807) is 5.57 Å². The Bertz CT molecular complexity index is 2720. The molecule has 0 aromatic carbocycles. The molecule has 0 aromatic rings. The predicted molar refractivity (Wildman–Crippen MR) is 350 cm³/mol. The van der Waals surface area contributed by atoms with Crippen LogP contribution in [0.4, 0.5) is 0 Å². The minimum atomic E-state index is -0.689. The number of ether oxygens (including phenoxy) is 1. The second-order valence-corrected chi connectivity index (χ2v) is 30.4. The van der Waals surface area contributed by atoms with Gasteiger partial charge < -0.3 is 20.1 Å². The van der Waals surface area contributed by atoms with Crippen LogP contribution in [0.1, 0.15) is 226 Å². The maximum Gasteiger partial charge on any atom is 0.178 e. The molecule has 1 saturated heterocycles. The molecule has 3 N–H and O–H groups in total. The van der Waals surface area contributed by atoms with Gasteiger partial charge in [-0.2, -0.15) is 0 Å². The Kier molecular flexibility index (Phi) is 20.3. The fourth-order valence-corrected chi connectivity index (χ4v) is 21.1. The van der Waals surface area contributed by atoms with Gasteiger partial charge in [0.15, 0.2) is 11.6 Å². The van der Waals surface area contributed by atoms with Crippen molar-refractivity contribution >= 4 is 11.6 Å². The molecule has 0 aromatic heterocycles. The van der Waals surface area contributed by atoms with E-state index in [9.17, 15) is 24.9 Å². The van der Waals surface area contributed by atoms with E-state index in [-0.39, 0.29) is 43.7 Å². The molecule has 0 bridgehead atoms.